The van der Waals surface area contributed by atoms with Crippen LogP contribution >= 0.6 is 0 Å². The van der Waals surface area contributed by atoms with Gasteiger partial charge in [-0.15, -0.1) is 0 Å². The van der Waals surface area contributed by atoms with Crippen molar-refractivity contribution in [2.24, 2.45) is 11.5 Å². The van der Waals surface area contributed by atoms with Crippen molar-refractivity contribution in [2.75, 3.05) is 13.1 Å². The number of nitrogens with two attached hydrogens (primary N) is 2. The summed E-state index contributed by atoms with van der Waals surface area (Å²) in [5, 5.41) is 15.2. The predicted octanol–water partition coefficient (Wildman–Crippen LogP) is -1.95. The molecule has 0 bridgehead atoms. The summed E-state index contributed by atoms with van der Waals surface area (Å²) in [5.74, 6) is -1.94. The Hall–Kier alpha value is 0.341. The van der Waals surface area contributed by atoms with Crippen LogP contribution in [-0.2, 0) is 54.3 Å². The Morgan fingerprint density at radius 3 is 1.00 bits per heavy atom. The molecular weight excluding hydrogens is 356 g/mol. The summed E-state index contributed by atoms with van der Waals surface area (Å²) in [6.07, 6.45) is 0. The van der Waals surface area contributed by atoms with E-state index >= 15 is 0 Å². The van der Waals surface area contributed by atoms with Crippen LogP contribution in [0.25, 0.3) is 0 Å². The van der Waals surface area contributed by atoms with Crippen molar-refractivity contribution in [2.45, 2.75) is 0 Å². The molecule has 0 aromatic carbocycles. The molecule has 0 amide bonds. The molecule has 12 heavy (non-hydrogen) atoms. The minimum Gasteiger partial charge on any atom is -0.480 e. The Bertz CT molecular complexity index is 108. The first-order chi connectivity index (χ1) is 4.54. The van der Waals surface area contributed by atoms with Gasteiger partial charge < -0.3 is 21.7 Å². The van der Waals surface area contributed by atoms with Gasteiger partial charge in [0.05, 0.1) is 13.1 Å². The van der Waals surface area contributed by atoms with Crippen LogP contribution in [-0.4, -0.2) is 35.2 Å². The zero-order valence-corrected chi connectivity index (χ0v) is 8.85. The van der Waals surface area contributed by atoms with E-state index in [-0.39, 0.29) is 57.9 Å². The van der Waals surface area contributed by atoms with Crippen LogP contribution in [0.3, 0.4) is 0 Å². The maximum absolute atomic E-state index is 9.24. The summed E-state index contributed by atoms with van der Waals surface area (Å²) in [7, 11) is 0. The van der Waals surface area contributed by atoms with E-state index in [1.54, 1.807) is 0 Å². The third-order valence-corrected chi connectivity index (χ3v) is 0.349. The molecule has 6 N–H and O–H groups in total. The Morgan fingerprint density at radius 1 is 0.917 bits per heavy atom. The van der Waals surface area contributed by atoms with Crippen LogP contribution in [0.5, 0.6) is 0 Å². The van der Waals surface area contributed by atoms with E-state index in [1.807, 2.05) is 0 Å². The molecule has 0 spiro atoms. The predicted molar refractivity (Wildman–Crippen MR) is 33.4 cm³/mol. The summed E-state index contributed by atoms with van der Waals surface area (Å²) >= 11 is 0. The van der Waals surface area contributed by atoms with Gasteiger partial charge in [0.15, 0.2) is 0 Å². The van der Waals surface area contributed by atoms with Gasteiger partial charge in [-0.2, -0.15) is 0 Å². The second-order valence-corrected chi connectivity index (χ2v) is 1.20. The zero-order chi connectivity index (χ0) is 8.57. The topological polar surface area (TPSA) is 127 Å². The average Bonchev–Trinajstić information content (AvgIpc) is 1.89. The minimum atomic E-state index is -0.968. The molecule has 0 rings (SSSR count). The first-order valence-corrected chi connectivity index (χ1v) is 2.38. The van der Waals surface area contributed by atoms with Crippen molar-refractivity contribution in [3.8, 4) is 0 Å². The maximum Gasteiger partial charge on any atom is 0.317 e. The number of aliphatic carboxylic acids is 2. The molecular formula is C4H10Ag2N2O4. The molecule has 0 unspecified atom stereocenters. The largest absolute Gasteiger partial charge is 0.480 e. The molecule has 0 aromatic heterocycles. The van der Waals surface area contributed by atoms with Crippen LogP contribution in [0.2, 0.25) is 0 Å². The number of hydrogen-bond donors (Lipinski definition) is 4. The van der Waals surface area contributed by atoms with Crippen molar-refractivity contribution >= 4 is 11.9 Å². The van der Waals surface area contributed by atoms with Gasteiger partial charge in [-0.25, -0.2) is 0 Å². The van der Waals surface area contributed by atoms with Gasteiger partial charge in [0.2, 0.25) is 0 Å². The second-order valence-electron chi connectivity index (χ2n) is 1.20. The smallest absolute Gasteiger partial charge is 0.317 e. The summed E-state index contributed by atoms with van der Waals surface area (Å²) in [5.41, 5.74) is 9.14. The van der Waals surface area contributed by atoms with E-state index in [2.05, 4.69) is 11.5 Å². The summed E-state index contributed by atoms with van der Waals surface area (Å²) in [6.45, 7) is -0.556. The summed E-state index contributed by atoms with van der Waals surface area (Å²) in [6, 6.07) is 0. The van der Waals surface area contributed by atoms with E-state index in [1.165, 1.54) is 0 Å². The third-order valence-electron chi connectivity index (χ3n) is 0.349. The fourth-order valence-corrected chi connectivity index (χ4v) is 0. The minimum absolute atomic E-state index is 0. The zero-order valence-electron chi connectivity index (χ0n) is 5.88. The Morgan fingerprint density at radius 2 is 1.00 bits per heavy atom. The normalized spacial score (nSPS) is 6.17. The molecule has 0 fully saturated rings. The SMILES string of the molecule is NCC(=O)O.NCC(=O)O.[Ag].[Ag]. The Labute approximate surface area is 101 Å². The number of carboxylic acid groups (broad SMARTS) is 2. The van der Waals surface area contributed by atoms with Crippen LogP contribution in [0.15, 0.2) is 0 Å². The fraction of sp³-hybridized carbons (Fsp3) is 0.500. The van der Waals surface area contributed by atoms with Crippen LogP contribution < -0.4 is 11.5 Å². The van der Waals surface area contributed by atoms with Crippen molar-refractivity contribution in [1.29, 1.82) is 0 Å². The van der Waals surface area contributed by atoms with E-state index in [0.29, 0.717) is 0 Å². The first kappa shape index (κ1) is 22.8. The van der Waals surface area contributed by atoms with Gasteiger partial charge in [-0.1, -0.05) is 0 Å². The second kappa shape index (κ2) is 17.4. The quantitative estimate of drug-likeness (QED) is 0.421. The van der Waals surface area contributed by atoms with Gasteiger partial charge in [0.25, 0.3) is 0 Å². The molecule has 0 aliphatic heterocycles. The molecule has 0 atom stereocenters. The summed E-state index contributed by atoms with van der Waals surface area (Å²) < 4.78 is 0. The molecule has 6 nitrogen and oxygen atoms in total. The Balaban J connectivity index is -0.0000000457. The van der Waals surface area contributed by atoms with Gasteiger partial charge in [0.1, 0.15) is 0 Å². The van der Waals surface area contributed by atoms with Gasteiger partial charge in [-0.3, -0.25) is 9.59 Å². The third kappa shape index (κ3) is 47.9. The van der Waals surface area contributed by atoms with Gasteiger partial charge in [0, 0.05) is 44.8 Å². The van der Waals surface area contributed by atoms with Crippen LogP contribution in [0, 0.1) is 0 Å². The van der Waals surface area contributed by atoms with E-state index in [4.69, 9.17) is 10.2 Å². The fourth-order valence-electron chi connectivity index (χ4n) is 0. The van der Waals surface area contributed by atoms with E-state index in [9.17, 15) is 9.59 Å². The van der Waals surface area contributed by atoms with Crippen LogP contribution in [0.1, 0.15) is 0 Å². The maximum atomic E-state index is 9.24. The molecule has 82 valence electrons. The summed E-state index contributed by atoms with van der Waals surface area (Å²) in [4.78, 5) is 18.5. The average molecular weight is 366 g/mol. The van der Waals surface area contributed by atoms with Crippen molar-refractivity contribution in [3.63, 3.8) is 0 Å². The Kier molecular flexibility index (Phi) is 33.1. The molecule has 2 radical (unpaired) electrons. The first-order valence-electron chi connectivity index (χ1n) is 2.38. The standard InChI is InChI=1S/2C2H5NO2.2Ag/c2*3-1-2(4)5;;/h2*1,3H2,(H,4,5);;. The molecule has 0 aliphatic carbocycles. The van der Waals surface area contributed by atoms with Crippen molar-refractivity contribution in [1.82, 2.24) is 0 Å². The molecule has 0 saturated heterocycles. The van der Waals surface area contributed by atoms with Crippen molar-refractivity contribution in [3.05, 3.63) is 0 Å². The number of hydrogen-bond acceptors (Lipinski definition) is 4. The van der Waals surface area contributed by atoms with Gasteiger partial charge >= 0.3 is 11.9 Å². The molecule has 0 saturated carbocycles. The van der Waals surface area contributed by atoms with E-state index in [0.717, 1.165) is 0 Å². The monoisotopic (exact) mass is 364 g/mol. The number of carboxylic acids is 2. The molecule has 0 heterocycles. The molecule has 8 heteroatoms. The van der Waals surface area contributed by atoms with E-state index < -0.39 is 11.9 Å². The molecule has 0 aromatic rings. The van der Waals surface area contributed by atoms with Crippen LogP contribution in [0.4, 0.5) is 0 Å². The van der Waals surface area contributed by atoms with Crippen molar-refractivity contribution < 1.29 is 64.6 Å². The number of rotatable bonds is 2. The molecule has 0 aliphatic rings. The van der Waals surface area contributed by atoms with Gasteiger partial charge in [-0.05, 0) is 0 Å². The number of carbonyl (C=O) groups is 2.